The van der Waals surface area contributed by atoms with E-state index in [1.807, 2.05) is 20.8 Å². The number of pyridine rings is 1. The van der Waals surface area contributed by atoms with E-state index in [0.717, 1.165) is 4.73 Å². The van der Waals surface area contributed by atoms with E-state index in [0.29, 0.717) is 28.3 Å². The molecule has 0 aliphatic rings. The van der Waals surface area contributed by atoms with E-state index in [2.05, 4.69) is 9.97 Å². The van der Waals surface area contributed by atoms with Crippen LogP contribution >= 0.6 is 0 Å². The number of halogens is 1. The molecule has 5 nitrogen and oxygen atoms in total. The van der Waals surface area contributed by atoms with Crippen molar-refractivity contribution in [3.05, 3.63) is 64.6 Å². The first-order chi connectivity index (χ1) is 11.3. The Morgan fingerprint density at radius 2 is 1.79 bits per heavy atom. The smallest absolute Gasteiger partial charge is 0.248 e. The van der Waals surface area contributed by atoms with E-state index in [1.165, 1.54) is 24.4 Å². The second-order valence-corrected chi connectivity index (χ2v) is 6.64. The molecule has 24 heavy (non-hydrogen) atoms. The number of nitrogens with one attached hydrogen (secondary N) is 1. The molecule has 0 spiro atoms. The third-order valence-electron chi connectivity index (χ3n) is 3.69. The van der Waals surface area contributed by atoms with E-state index in [4.69, 9.17) is 0 Å². The number of imidazole rings is 1. The number of benzene rings is 1. The highest BCUT2D eigenvalue weighted by atomic mass is 19.1. The third kappa shape index (κ3) is 2.82. The van der Waals surface area contributed by atoms with Gasteiger partial charge in [-0.25, -0.2) is 9.37 Å². The fraction of sp³-hybridized carbons (Fsp3) is 0.222. The molecule has 0 amide bonds. The fourth-order valence-corrected chi connectivity index (χ4v) is 2.56. The molecule has 0 radical (unpaired) electrons. The topological polar surface area (TPSA) is 70.9 Å². The lowest BCUT2D eigenvalue weighted by Crippen LogP contribution is -2.18. The van der Waals surface area contributed by atoms with Crippen molar-refractivity contribution in [2.75, 3.05) is 0 Å². The van der Waals surface area contributed by atoms with Crippen molar-refractivity contribution < 1.29 is 9.60 Å². The van der Waals surface area contributed by atoms with Crippen molar-refractivity contribution in [3.8, 4) is 22.5 Å². The summed E-state index contributed by atoms with van der Waals surface area (Å²) in [4.78, 5) is 18.8. The van der Waals surface area contributed by atoms with E-state index in [9.17, 15) is 14.4 Å². The van der Waals surface area contributed by atoms with Crippen molar-refractivity contribution in [1.82, 2.24) is 14.7 Å². The maximum absolute atomic E-state index is 13.2. The van der Waals surface area contributed by atoms with E-state index >= 15 is 0 Å². The maximum atomic E-state index is 13.2. The Balaban J connectivity index is 2.31. The minimum atomic E-state index is -0.414. The van der Waals surface area contributed by atoms with E-state index < -0.39 is 5.41 Å². The van der Waals surface area contributed by atoms with Gasteiger partial charge in [0.15, 0.2) is 5.82 Å². The second-order valence-electron chi connectivity index (χ2n) is 6.64. The molecule has 6 heteroatoms. The highest BCUT2D eigenvalue weighted by Gasteiger charge is 2.27. The molecule has 1 aromatic carbocycles. The number of aromatic nitrogens is 3. The molecule has 0 atom stereocenters. The van der Waals surface area contributed by atoms with Gasteiger partial charge in [0.2, 0.25) is 5.56 Å². The largest absolute Gasteiger partial charge is 0.427 e. The number of hydrogen-bond donors (Lipinski definition) is 2. The van der Waals surface area contributed by atoms with Crippen LogP contribution < -0.4 is 5.56 Å². The van der Waals surface area contributed by atoms with Crippen LogP contribution in [0.3, 0.4) is 0 Å². The first-order valence-corrected chi connectivity index (χ1v) is 7.55. The number of H-pyrrole nitrogens is 1. The predicted octanol–water partition coefficient (Wildman–Crippen LogP) is 3.58. The van der Waals surface area contributed by atoms with E-state index in [-0.39, 0.29) is 11.4 Å². The van der Waals surface area contributed by atoms with Gasteiger partial charge in [0, 0.05) is 28.8 Å². The summed E-state index contributed by atoms with van der Waals surface area (Å²) in [6, 6.07) is 8.91. The van der Waals surface area contributed by atoms with Gasteiger partial charge in [0.1, 0.15) is 17.2 Å². The van der Waals surface area contributed by atoms with Crippen LogP contribution in [0.1, 0.15) is 26.6 Å². The zero-order valence-electron chi connectivity index (χ0n) is 13.7. The van der Waals surface area contributed by atoms with Crippen molar-refractivity contribution in [2.45, 2.75) is 26.2 Å². The first-order valence-electron chi connectivity index (χ1n) is 7.55. The van der Waals surface area contributed by atoms with Crippen molar-refractivity contribution in [2.24, 2.45) is 0 Å². The molecule has 2 N–H and O–H groups in total. The minimum Gasteiger partial charge on any atom is -0.427 e. The summed E-state index contributed by atoms with van der Waals surface area (Å²) in [7, 11) is 0. The molecule has 3 aromatic rings. The lowest BCUT2D eigenvalue weighted by Gasteiger charge is -2.16. The van der Waals surface area contributed by atoms with Gasteiger partial charge in [0.05, 0.1) is 0 Å². The molecule has 0 saturated carbocycles. The Hall–Kier alpha value is -2.89. The van der Waals surface area contributed by atoms with Crippen LogP contribution in [0.5, 0.6) is 0 Å². The zero-order chi connectivity index (χ0) is 17.5. The lowest BCUT2D eigenvalue weighted by atomic mass is 9.96. The Morgan fingerprint density at radius 3 is 2.38 bits per heavy atom. The van der Waals surface area contributed by atoms with Gasteiger partial charge < -0.3 is 10.2 Å². The summed E-state index contributed by atoms with van der Waals surface area (Å²) < 4.78 is 14.3. The van der Waals surface area contributed by atoms with Gasteiger partial charge in [0.25, 0.3) is 0 Å². The number of nitrogens with zero attached hydrogens (tertiary/aromatic N) is 2. The average molecular weight is 327 g/mol. The molecular formula is C18H18FN3O2. The maximum Gasteiger partial charge on any atom is 0.248 e. The molecule has 0 unspecified atom stereocenters. The predicted molar refractivity (Wildman–Crippen MR) is 89.6 cm³/mol. The molecule has 0 saturated heterocycles. The Morgan fingerprint density at radius 1 is 1.12 bits per heavy atom. The van der Waals surface area contributed by atoms with Gasteiger partial charge in [-0.05, 0) is 30.3 Å². The molecule has 2 aromatic heterocycles. The van der Waals surface area contributed by atoms with Gasteiger partial charge in [-0.2, -0.15) is 4.73 Å². The third-order valence-corrected chi connectivity index (χ3v) is 3.69. The summed E-state index contributed by atoms with van der Waals surface area (Å²) in [5, 5.41) is 10.7. The molecule has 0 bridgehead atoms. The highest BCUT2D eigenvalue weighted by molar-refractivity contribution is 5.78. The van der Waals surface area contributed by atoms with Crippen LogP contribution in [-0.2, 0) is 5.41 Å². The standard InChI is InChI=1S/C18H18FN3O2/c1-18(2,3)17-21-15(12-8-9-20-14(23)10-12)16(22(17)24)11-4-6-13(19)7-5-11/h4-10,24H,1-3H3,(H,20,23). The molecule has 0 fully saturated rings. The van der Waals surface area contributed by atoms with Crippen LogP contribution in [0.25, 0.3) is 22.5 Å². The monoisotopic (exact) mass is 327 g/mol. The summed E-state index contributed by atoms with van der Waals surface area (Å²) in [5.74, 6) is 0.0913. The molecule has 2 heterocycles. The zero-order valence-corrected chi connectivity index (χ0v) is 13.7. The van der Waals surface area contributed by atoms with Gasteiger partial charge in [-0.1, -0.05) is 20.8 Å². The van der Waals surface area contributed by atoms with Crippen molar-refractivity contribution in [3.63, 3.8) is 0 Å². The van der Waals surface area contributed by atoms with Gasteiger partial charge >= 0.3 is 0 Å². The van der Waals surface area contributed by atoms with Crippen LogP contribution in [0, 0.1) is 5.82 Å². The van der Waals surface area contributed by atoms with Crippen LogP contribution in [-0.4, -0.2) is 19.9 Å². The number of hydrogen-bond acceptors (Lipinski definition) is 3. The summed E-state index contributed by atoms with van der Waals surface area (Å²) in [6.07, 6.45) is 1.53. The summed E-state index contributed by atoms with van der Waals surface area (Å²) >= 11 is 0. The van der Waals surface area contributed by atoms with Crippen LogP contribution in [0.4, 0.5) is 4.39 Å². The Labute approximate surface area is 138 Å². The second kappa shape index (κ2) is 5.63. The number of aromatic amines is 1. The fourth-order valence-electron chi connectivity index (χ4n) is 2.56. The first kappa shape index (κ1) is 16.0. The van der Waals surface area contributed by atoms with Gasteiger partial charge in [-0.3, -0.25) is 4.79 Å². The molecule has 0 aliphatic carbocycles. The normalized spacial score (nSPS) is 11.7. The van der Waals surface area contributed by atoms with Crippen LogP contribution in [0.15, 0.2) is 47.4 Å². The molecule has 124 valence electrons. The average Bonchev–Trinajstić information content (AvgIpc) is 2.86. The molecule has 3 rings (SSSR count). The SMILES string of the molecule is CC(C)(C)c1nc(-c2cc[nH]c(=O)c2)c(-c2ccc(F)cc2)n1O. The van der Waals surface area contributed by atoms with Crippen molar-refractivity contribution >= 4 is 0 Å². The van der Waals surface area contributed by atoms with Crippen LogP contribution in [0.2, 0.25) is 0 Å². The quantitative estimate of drug-likeness (QED) is 0.707. The lowest BCUT2D eigenvalue weighted by molar-refractivity contribution is 0.168. The minimum absolute atomic E-state index is 0.262. The molecular weight excluding hydrogens is 309 g/mol. The van der Waals surface area contributed by atoms with Crippen molar-refractivity contribution in [1.29, 1.82) is 0 Å². The number of rotatable bonds is 2. The Bertz CT molecular complexity index is 934. The molecule has 0 aliphatic heterocycles. The Kier molecular flexibility index (Phi) is 3.75. The summed E-state index contributed by atoms with van der Waals surface area (Å²) in [6.45, 7) is 5.79. The van der Waals surface area contributed by atoms with Gasteiger partial charge in [-0.15, -0.1) is 0 Å². The highest BCUT2D eigenvalue weighted by Crippen LogP contribution is 2.35. The summed E-state index contributed by atoms with van der Waals surface area (Å²) in [5.41, 5.74) is 1.41. The van der Waals surface area contributed by atoms with E-state index in [1.54, 1.807) is 18.2 Å².